The van der Waals surface area contributed by atoms with Gasteiger partial charge in [0, 0.05) is 32.1 Å². The van der Waals surface area contributed by atoms with Crippen LogP contribution < -0.4 is 5.32 Å². The van der Waals surface area contributed by atoms with Crippen molar-refractivity contribution in [1.82, 2.24) is 10.2 Å². The zero-order valence-corrected chi connectivity index (χ0v) is 11.5. The molecule has 16 heavy (non-hydrogen) atoms. The van der Waals surface area contributed by atoms with Crippen LogP contribution in [0.4, 0.5) is 0 Å². The van der Waals surface area contributed by atoms with Crippen LogP contribution in [0.5, 0.6) is 0 Å². The summed E-state index contributed by atoms with van der Waals surface area (Å²) in [4.78, 5) is 14.1. The third-order valence-corrected chi connectivity index (χ3v) is 2.88. The van der Waals surface area contributed by atoms with Crippen molar-refractivity contribution in [2.45, 2.75) is 46.1 Å². The molecule has 3 nitrogen and oxygen atoms in total. The number of rotatable bonds is 4. The molecule has 1 heterocycles. The van der Waals surface area contributed by atoms with Gasteiger partial charge in [0.05, 0.1) is 0 Å². The molecule has 1 rings (SSSR count). The molecule has 0 bridgehead atoms. The van der Waals surface area contributed by atoms with E-state index in [4.69, 9.17) is 0 Å². The van der Waals surface area contributed by atoms with Crippen molar-refractivity contribution < 1.29 is 4.79 Å². The molecule has 0 aromatic rings. The van der Waals surface area contributed by atoms with Gasteiger partial charge in [0.1, 0.15) is 0 Å². The Morgan fingerprint density at radius 3 is 2.75 bits per heavy atom. The van der Waals surface area contributed by atoms with Crippen molar-refractivity contribution in [3.05, 3.63) is 0 Å². The van der Waals surface area contributed by atoms with Crippen LogP contribution in [0.1, 0.15) is 40.0 Å². The molecule has 4 heteroatoms. The smallest absolute Gasteiger partial charge is 0.223 e. The van der Waals surface area contributed by atoms with Gasteiger partial charge in [0.25, 0.3) is 0 Å². The number of piperazine rings is 1. The Hall–Kier alpha value is -0.280. The molecule has 1 aliphatic rings. The van der Waals surface area contributed by atoms with Crippen LogP contribution in [0.2, 0.25) is 0 Å². The van der Waals surface area contributed by atoms with Crippen molar-refractivity contribution >= 4 is 18.3 Å². The van der Waals surface area contributed by atoms with E-state index in [1.807, 2.05) is 0 Å². The van der Waals surface area contributed by atoms with Crippen molar-refractivity contribution in [1.29, 1.82) is 0 Å². The van der Waals surface area contributed by atoms with E-state index in [2.05, 4.69) is 31.0 Å². The van der Waals surface area contributed by atoms with Gasteiger partial charge in [-0.1, -0.05) is 27.2 Å². The molecule has 0 radical (unpaired) electrons. The van der Waals surface area contributed by atoms with Gasteiger partial charge < -0.3 is 10.2 Å². The molecule has 0 aromatic carbocycles. The fourth-order valence-corrected chi connectivity index (χ4v) is 2.15. The second kappa shape index (κ2) is 7.91. The van der Waals surface area contributed by atoms with Crippen molar-refractivity contribution in [2.75, 3.05) is 19.6 Å². The molecular weight excluding hydrogens is 224 g/mol. The molecule has 1 amide bonds. The zero-order chi connectivity index (χ0) is 11.3. The molecule has 0 saturated carbocycles. The first-order valence-corrected chi connectivity index (χ1v) is 6.15. The molecule has 1 atom stereocenters. The van der Waals surface area contributed by atoms with Crippen LogP contribution in [0.3, 0.4) is 0 Å². The number of halogens is 1. The van der Waals surface area contributed by atoms with Crippen molar-refractivity contribution in [3.63, 3.8) is 0 Å². The van der Waals surface area contributed by atoms with Crippen molar-refractivity contribution in [2.24, 2.45) is 5.92 Å². The van der Waals surface area contributed by atoms with E-state index < -0.39 is 0 Å². The number of carbonyl (C=O) groups excluding carboxylic acids is 1. The summed E-state index contributed by atoms with van der Waals surface area (Å²) >= 11 is 0. The van der Waals surface area contributed by atoms with E-state index in [0.29, 0.717) is 24.3 Å². The number of nitrogens with one attached hydrogen (secondary N) is 1. The Morgan fingerprint density at radius 2 is 2.19 bits per heavy atom. The average molecular weight is 249 g/mol. The highest BCUT2D eigenvalue weighted by atomic mass is 35.5. The molecule has 96 valence electrons. The first-order valence-electron chi connectivity index (χ1n) is 6.15. The van der Waals surface area contributed by atoms with E-state index in [0.717, 1.165) is 32.5 Å². The van der Waals surface area contributed by atoms with E-state index in [9.17, 15) is 4.79 Å². The van der Waals surface area contributed by atoms with Gasteiger partial charge in [-0.15, -0.1) is 12.4 Å². The summed E-state index contributed by atoms with van der Waals surface area (Å²) < 4.78 is 0. The van der Waals surface area contributed by atoms with Crippen LogP contribution in [-0.2, 0) is 4.79 Å². The average Bonchev–Trinajstić information content (AvgIpc) is 2.18. The van der Waals surface area contributed by atoms with E-state index in [-0.39, 0.29) is 12.4 Å². The Labute approximate surface area is 105 Å². The van der Waals surface area contributed by atoms with Crippen LogP contribution in [-0.4, -0.2) is 36.5 Å². The van der Waals surface area contributed by atoms with Gasteiger partial charge >= 0.3 is 0 Å². The highest BCUT2D eigenvalue weighted by Crippen LogP contribution is 2.13. The third-order valence-electron chi connectivity index (χ3n) is 2.88. The second-order valence-corrected chi connectivity index (χ2v) is 4.83. The summed E-state index contributed by atoms with van der Waals surface area (Å²) in [5.41, 5.74) is 0. The largest absolute Gasteiger partial charge is 0.337 e. The number of carbonyl (C=O) groups is 1. The SMILES string of the molecule is CCCC1CNCCN1C(=O)CC(C)C.Cl. The van der Waals surface area contributed by atoms with Gasteiger partial charge in [0.2, 0.25) is 5.91 Å². The van der Waals surface area contributed by atoms with Crippen LogP contribution >= 0.6 is 12.4 Å². The molecule has 1 saturated heterocycles. The quantitative estimate of drug-likeness (QED) is 0.826. The summed E-state index contributed by atoms with van der Waals surface area (Å²) in [5.74, 6) is 0.805. The lowest BCUT2D eigenvalue weighted by molar-refractivity contribution is -0.135. The molecule has 0 aliphatic carbocycles. The van der Waals surface area contributed by atoms with Gasteiger partial charge in [-0.25, -0.2) is 0 Å². The Bertz CT molecular complexity index is 207. The monoisotopic (exact) mass is 248 g/mol. The third kappa shape index (κ3) is 4.71. The van der Waals surface area contributed by atoms with E-state index in [1.165, 1.54) is 0 Å². The number of amides is 1. The van der Waals surface area contributed by atoms with Crippen LogP contribution in [0.15, 0.2) is 0 Å². The Balaban J connectivity index is 0.00000225. The lowest BCUT2D eigenvalue weighted by atomic mass is 10.0. The number of hydrogen-bond donors (Lipinski definition) is 1. The maximum Gasteiger partial charge on any atom is 0.223 e. The maximum atomic E-state index is 12.0. The van der Waals surface area contributed by atoms with Crippen LogP contribution in [0, 0.1) is 5.92 Å². The highest BCUT2D eigenvalue weighted by Gasteiger charge is 2.25. The summed E-state index contributed by atoms with van der Waals surface area (Å²) in [6, 6.07) is 0.426. The Kier molecular flexibility index (Phi) is 7.77. The first-order chi connectivity index (χ1) is 7.15. The summed E-state index contributed by atoms with van der Waals surface area (Å²) in [7, 11) is 0. The molecule has 1 unspecified atom stereocenters. The lowest BCUT2D eigenvalue weighted by Crippen LogP contribution is -2.53. The van der Waals surface area contributed by atoms with Crippen LogP contribution in [0.25, 0.3) is 0 Å². The van der Waals surface area contributed by atoms with Gasteiger partial charge in [-0.3, -0.25) is 4.79 Å². The fourth-order valence-electron chi connectivity index (χ4n) is 2.15. The van der Waals surface area contributed by atoms with E-state index >= 15 is 0 Å². The minimum atomic E-state index is 0. The molecule has 1 N–H and O–H groups in total. The summed E-state index contributed by atoms with van der Waals surface area (Å²) in [6.45, 7) is 9.20. The molecule has 0 aromatic heterocycles. The van der Waals surface area contributed by atoms with Gasteiger partial charge in [0.15, 0.2) is 0 Å². The topological polar surface area (TPSA) is 32.3 Å². The minimum absolute atomic E-state index is 0. The number of nitrogens with zero attached hydrogens (tertiary/aromatic N) is 1. The first kappa shape index (κ1) is 15.7. The fraction of sp³-hybridized carbons (Fsp3) is 0.917. The predicted octanol–water partition coefficient (Wildman–Crippen LogP) is 2.05. The molecular formula is C12H25ClN2O. The minimum Gasteiger partial charge on any atom is -0.337 e. The van der Waals surface area contributed by atoms with E-state index in [1.54, 1.807) is 0 Å². The standard InChI is InChI=1S/C12H24N2O.ClH/c1-4-5-11-9-13-6-7-14(11)12(15)8-10(2)3;/h10-11,13H,4-9H2,1-3H3;1H. The van der Waals surface area contributed by atoms with Crippen molar-refractivity contribution in [3.8, 4) is 0 Å². The van der Waals surface area contributed by atoms with Gasteiger partial charge in [-0.05, 0) is 12.3 Å². The lowest BCUT2D eigenvalue weighted by Gasteiger charge is -2.36. The van der Waals surface area contributed by atoms with Gasteiger partial charge in [-0.2, -0.15) is 0 Å². The highest BCUT2D eigenvalue weighted by molar-refractivity contribution is 5.85. The maximum absolute atomic E-state index is 12.0. The zero-order valence-electron chi connectivity index (χ0n) is 10.7. The molecule has 0 spiro atoms. The second-order valence-electron chi connectivity index (χ2n) is 4.83. The number of hydrogen-bond acceptors (Lipinski definition) is 2. The summed E-state index contributed by atoms with van der Waals surface area (Å²) in [6.07, 6.45) is 2.97. The normalized spacial score (nSPS) is 20.8. The predicted molar refractivity (Wildman–Crippen MR) is 70.0 cm³/mol. The summed E-state index contributed by atoms with van der Waals surface area (Å²) in [5, 5.41) is 3.36. The molecule has 1 fully saturated rings. The Morgan fingerprint density at radius 1 is 1.50 bits per heavy atom. The molecule has 1 aliphatic heterocycles.